The van der Waals surface area contributed by atoms with Crippen LogP contribution in [0.25, 0.3) is 49.3 Å². The van der Waals surface area contributed by atoms with Crippen LogP contribution in [0, 0.1) is 13.8 Å². The van der Waals surface area contributed by atoms with Crippen molar-refractivity contribution in [1.82, 2.24) is 9.05 Å². The van der Waals surface area contributed by atoms with E-state index in [1.807, 2.05) is 0 Å². The van der Waals surface area contributed by atoms with Crippen LogP contribution in [-0.2, 0) is 5.41 Å². The van der Waals surface area contributed by atoms with Gasteiger partial charge in [-0.1, -0.05) is 98.3 Å². The van der Waals surface area contributed by atoms with Crippen molar-refractivity contribution in [2.75, 3.05) is 0 Å². The van der Waals surface area contributed by atoms with Gasteiger partial charge in [0.25, 0.3) is 0 Å². The average molecular weight is 529 g/mol. The molecule has 2 aromatic heterocycles. The van der Waals surface area contributed by atoms with Gasteiger partial charge in [0.2, 0.25) is 0 Å². The zero-order chi connectivity index (χ0) is 27.5. The third-order valence-corrected chi connectivity index (χ3v) is 10.3. The average Bonchev–Trinajstić information content (AvgIpc) is 3.59. The first-order valence-electron chi connectivity index (χ1n) is 15.3. The van der Waals surface area contributed by atoms with E-state index in [1.165, 1.54) is 103 Å². The van der Waals surface area contributed by atoms with E-state index in [-0.39, 0.29) is 6.85 Å². The van der Waals surface area contributed by atoms with Gasteiger partial charge in [-0.3, -0.25) is 0 Å². The van der Waals surface area contributed by atoms with Gasteiger partial charge >= 0.3 is 6.85 Å². The Balaban J connectivity index is 1.43. The van der Waals surface area contributed by atoms with Gasteiger partial charge in [0.15, 0.2) is 0 Å². The van der Waals surface area contributed by atoms with E-state index >= 15 is 0 Å². The molecule has 7 aromatic rings. The number of fused-ring (bicyclic) bond motifs is 8. The minimum atomic E-state index is 0.0863. The first kappa shape index (κ1) is 23.5. The molecule has 0 N–H and O–H groups in total. The zero-order valence-corrected chi connectivity index (χ0v) is 24.0. The summed E-state index contributed by atoms with van der Waals surface area (Å²) in [6.45, 7) is 6.95. The van der Waals surface area contributed by atoms with E-state index in [2.05, 4.69) is 127 Å². The monoisotopic (exact) mass is 528 g/mol. The lowest BCUT2D eigenvalue weighted by molar-refractivity contribution is 0.607. The van der Waals surface area contributed by atoms with Crippen molar-refractivity contribution in [3.63, 3.8) is 0 Å². The smallest absolute Gasteiger partial charge is 0.332 e. The van der Waals surface area contributed by atoms with E-state index in [9.17, 15) is 0 Å². The molecule has 0 atom stereocenters. The summed E-state index contributed by atoms with van der Waals surface area (Å²) in [5, 5.41) is 5.41. The second-order valence-corrected chi connectivity index (χ2v) is 12.6. The molecule has 0 bridgehead atoms. The van der Waals surface area contributed by atoms with Crippen molar-refractivity contribution in [2.45, 2.75) is 51.9 Å². The fraction of sp³-hybridized carbons (Fsp3) is 0.211. The normalized spacial score (nSPS) is 15.3. The van der Waals surface area contributed by atoms with Crippen molar-refractivity contribution in [2.24, 2.45) is 0 Å². The van der Waals surface area contributed by atoms with Crippen LogP contribution in [0.1, 0.15) is 49.3 Å². The van der Waals surface area contributed by atoms with Crippen LogP contribution in [0.4, 0.5) is 0 Å². The minimum absolute atomic E-state index is 0.0863. The largest absolute Gasteiger partial charge is 0.375 e. The lowest BCUT2D eigenvalue weighted by Gasteiger charge is -2.29. The van der Waals surface area contributed by atoms with E-state index < -0.39 is 0 Å². The van der Waals surface area contributed by atoms with Crippen LogP contribution in [0.15, 0.2) is 97.1 Å². The molecule has 41 heavy (non-hydrogen) atoms. The first-order chi connectivity index (χ1) is 20.1. The van der Waals surface area contributed by atoms with Gasteiger partial charge in [-0.2, -0.15) is 0 Å². The van der Waals surface area contributed by atoms with Crippen molar-refractivity contribution in [3.05, 3.63) is 114 Å². The number of hydrogen-bond donors (Lipinski definition) is 0. The molecule has 198 valence electrons. The van der Waals surface area contributed by atoms with Crippen LogP contribution in [0.5, 0.6) is 0 Å². The summed E-state index contributed by atoms with van der Waals surface area (Å²) in [4.78, 5) is 0. The molecule has 2 aliphatic rings. The minimum Gasteiger partial charge on any atom is -0.375 e. The highest BCUT2D eigenvalue weighted by Gasteiger charge is 2.43. The summed E-state index contributed by atoms with van der Waals surface area (Å²) in [5.41, 5.74) is 14.0. The van der Waals surface area contributed by atoms with Crippen LogP contribution in [-0.4, -0.2) is 15.9 Å². The Kier molecular flexibility index (Phi) is 4.67. The van der Waals surface area contributed by atoms with Crippen LogP contribution in [0.2, 0.25) is 0 Å². The molecular weight excluding hydrogens is 495 g/mol. The second-order valence-electron chi connectivity index (χ2n) is 12.6. The van der Waals surface area contributed by atoms with E-state index in [1.54, 1.807) is 0 Å². The molecule has 1 saturated carbocycles. The summed E-state index contributed by atoms with van der Waals surface area (Å²) >= 11 is 0. The Morgan fingerprint density at radius 1 is 0.659 bits per heavy atom. The number of aryl methyl sites for hydroxylation is 2. The summed E-state index contributed by atoms with van der Waals surface area (Å²) in [7, 11) is 0. The summed E-state index contributed by atoms with van der Waals surface area (Å²) in [6, 6.07) is 37.1. The SMILES string of the molecule is CCCC1(c2ccc3c4cccc5c4n(c3c2)-c2ccccc2B5n2c3c(C)cccc3c3cccc(C)c32)CC1. The number of benzene rings is 5. The zero-order valence-electron chi connectivity index (χ0n) is 24.0. The molecule has 0 spiro atoms. The van der Waals surface area contributed by atoms with Crippen molar-refractivity contribution in [1.29, 1.82) is 0 Å². The predicted molar refractivity (Wildman–Crippen MR) is 176 cm³/mol. The topological polar surface area (TPSA) is 9.86 Å². The molecule has 0 saturated heterocycles. The Morgan fingerprint density at radius 3 is 1.98 bits per heavy atom. The van der Waals surface area contributed by atoms with Crippen molar-refractivity contribution in [3.8, 4) is 5.69 Å². The molecule has 5 aromatic carbocycles. The first-order valence-corrected chi connectivity index (χ1v) is 15.3. The van der Waals surface area contributed by atoms with Gasteiger partial charge in [-0.15, -0.1) is 0 Å². The Morgan fingerprint density at radius 2 is 1.29 bits per heavy atom. The van der Waals surface area contributed by atoms with Gasteiger partial charge in [-0.25, -0.2) is 0 Å². The third-order valence-electron chi connectivity index (χ3n) is 10.3. The highest BCUT2D eigenvalue weighted by Crippen LogP contribution is 2.52. The Labute approximate surface area is 241 Å². The third kappa shape index (κ3) is 2.99. The van der Waals surface area contributed by atoms with Gasteiger partial charge < -0.3 is 9.05 Å². The molecule has 3 heterocycles. The molecule has 2 nitrogen and oxygen atoms in total. The van der Waals surface area contributed by atoms with Crippen LogP contribution >= 0.6 is 0 Å². The summed E-state index contributed by atoms with van der Waals surface area (Å²) in [6.07, 6.45) is 5.17. The maximum Gasteiger partial charge on any atom is 0.332 e. The summed E-state index contributed by atoms with van der Waals surface area (Å²) in [5.74, 6) is 0. The Bertz CT molecular complexity index is 2150. The summed E-state index contributed by atoms with van der Waals surface area (Å²) < 4.78 is 5.25. The van der Waals surface area contributed by atoms with Crippen molar-refractivity contribution < 1.29 is 0 Å². The van der Waals surface area contributed by atoms with Crippen LogP contribution in [0.3, 0.4) is 0 Å². The van der Waals surface area contributed by atoms with E-state index in [0.29, 0.717) is 5.41 Å². The van der Waals surface area contributed by atoms with Gasteiger partial charge in [0, 0.05) is 38.3 Å². The van der Waals surface area contributed by atoms with Crippen LogP contribution < -0.4 is 10.9 Å². The maximum absolute atomic E-state index is 2.66. The number of nitrogens with zero attached hydrogens (tertiary/aromatic N) is 2. The molecule has 0 radical (unpaired) electrons. The predicted octanol–water partition coefficient (Wildman–Crippen LogP) is 8.31. The molecule has 0 amide bonds. The van der Waals surface area contributed by atoms with Gasteiger partial charge in [0.05, 0.1) is 11.0 Å². The van der Waals surface area contributed by atoms with E-state index in [0.717, 1.165) is 0 Å². The Hall–Kier alpha value is -4.24. The molecule has 1 aliphatic heterocycles. The molecule has 0 unspecified atom stereocenters. The number of hydrogen-bond acceptors (Lipinski definition) is 0. The number of aromatic nitrogens is 2. The highest BCUT2D eigenvalue weighted by atomic mass is 15.0. The molecule has 3 heteroatoms. The quantitative estimate of drug-likeness (QED) is 0.203. The number of para-hydroxylation sites is 4. The standard InChI is InChI=1S/C38H33BN2/c1-4-20-38(21-22-38)26-18-19-27-28-14-9-16-32-37(28)40(34(27)23-26)33-17-6-5-15-31(33)39(32)41-35-24(2)10-7-12-29(35)30-13-8-11-25(3)36(30)41/h5-19,23H,4,20-22H2,1-3H3. The lowest BCUT2D eigenvalue weighted by atomic mass is 9.48. The second kappa shape index (κ2) is 8.16. The van der Waals surface area contributed by atoms with Crippen molar-refractivity contribution >= 4 is 61.4 Å². The fourth-order valence-corrected chi connectivity index (χ4v) is 8.34. The maximum atomic E-state index is 2.66. The highest BCUT2D eigenvalue weighted by molar-refractivity contribution is 6.88. The fourth-order valence-electron chi connectivity index (χ4n) is 8.34. The van der Waals surface area contributed by atoms with E-state index in [4.69, 9.17) is 0 Å². The van der Waals surface area contributed by atoms with Gasteiger partial charge in [0.1, 0.15) is 0 Å². The molecule has 9 rings (SSSR count). The molecular formula is C38H33BN2. The molecule has 1 aliphatic carbocycles. The lowest BCUT2D eigenvalue weighted by Crippen LogP contribution is -2.53. The number of rotatable bonds is 4. The molecule has 1 fully saturated rings. The van der Waals surface area contributed by atoms with Gasteiger partial charge in [-0.05, 0) is 78.3 Å².